The average Bonchev–Trinajstić information content (AvgIpc) is 2.62. The number of fused-ring (bicyclic) bond motifs is 1. The standard InChI is InChI=1S/C19H28NO2/c1-12(2)11-20-15-10-13(18(3,4)5)9-14(19(6,7)8)16(15)22-17(20)21/h9-12H,1-8H3/q+1/b20-11+. The Morgan fingerprint density at radius 1 is 1.05 bits per heavy atom. The number of carbonyl (C=O) groups is 1. The molecule has 0 atom stereocenters. The van der Waals surface area contributed by atoms with Crippen LogP contribution in [0.5, 0.6) is 5.75 Å². The molecule has 0 aliphatic carbocycles. The van der Waals surface area contributed by atoms with Gasteiger partial charge in [0.25, 0.3) is 5.69 Å². The summed E-state index contributed by atoms with van der Waals surface area (Å²) in [4.78, 5) is 12.3. The number of nitrogens with zero attached hydrogens (tertiary/aromatic N) is 1. The predicted molar refractivity (Wildman–Crippen MR) is 90.7 cm³/mol. The molecule has 1 heterocycles. The lowest BCUT2D eigenvalue weighted by Crippen LogP contribution is -2.17. The van der Waals surface area contributed by atoms with E-state index in [1.54, 1.807) is 4.58 Å². The van der Waals surface area contributed by atoms with Crippen molar-refractivity contribution < 1.29 is 14.1 Å². The maximum atomic E-state index is 12.3. The summed E-state index contributed by atoms with van der Waals surface area (Å²) in [5.41, 5.74) is 3.11. The second-order valence-corrected chi connectivity index (χ2v) is 8.50. The number of hydrogen-bond acceptors (Lipinski definition) is 2. The maximum absolute atomic E-state index is 12.3. The molecule has 22 heavy (non-hydrogen) atoms. The van der Waals surface area contributed by atoms with Crippen molar-refractivity contribution in [2.24, 2.45) is 5.92 Å². The van der Waals surface area contributed by atoms with E-state index in [9.17, 15) is 4.79 Å². The highest BCUT2D eigenvalue weighted by Gasteiger charge is 2.41. The third-order valence-corrected chi connectivity index (χ3v) is 3.84. The van der Waals surface area contributed by atoms with Crippen molar-refractivity contribution in [2.45, 2.75) is 66.2 Å². The molecule has 1 aromatic carbocycles. The Kier molecular flexibility index (Phi) is 3.97. The molecule has 0 unspecified atom stereocenters. The maximum Gasteiger partial charge on any atom is 0.608 e. The van der Waals surface area contributed by atoms with Crippen LogP contribution < -0.4 is 4.74 Å². The molecule has 0 saturated heterocycles. The van der Waals surface area contributed by atoms with Crippen molar-refractivity contribution in [1.82, 2.24) is 0 Å². The number of carbonyl (C=O) groups excluding carboxylic acids is 1. The Morgan fingerprint density at radius 3 is 2.09 bits per heavy atom. The minimum absolute atomic E-state index is 0.0180. The third-order valence-electron chi connectivity index (χ3n) is 3.84. The molecule has 3 heteroatoms. The van der Waals surface area contributed by atoms with E-state index in [1.807, 2.05) is 6.21 Å². The molecule has 3 nitrogen and oxygen atoms in total. The van der Waals surface area contributed by atoms with E-state index in [1.165, 1.54) is 5.56 Å². The second kappa shape index (κ2) is 5.22. The summed E-state index contributed by atoms with van der Waals surface area (Å²) < 4.78 is 7.26. The lowest BCUT2D eigenvalue weighted by molar-refractivity contribution is -0.331. The fourth-order valence-corrected chi connectivity index (χ4v) is 2.56. The van der Waals surface area contributed by atoms with Gasteiger partial charge in [0.05, 0.1) is 0 Å². The summed E-state index contributed by atoms with van der Waals surface area (Å²) in [6.07, 6.45) is 1.62. The van der Waals surface area contributed by atoms with Crippen molar-refractivity contribution in [2.75, 3.05) is 0 Å². The first kappa shape index (κ1) is 16.7. The molecule has 0 bridgehead atoms. The van der Waals surface area contributed by atoms with Gasteiger partial charge in [0.2, 0.25) is 5.75 Å². The molecule has 1 aliphatic heterocycles. The van der Waals surface area contributed by atoms with Crippen LogP contribution in [-0.4, -0.2) is 16.9 Å². The summed E-state index contributed by atoms with van der Waals surface area (Å²) >= 11 is 0. The molecule has 1 amide bonds. The van der Waals surface area contributed by atoms with Crippen LogP contribution in [0, 0.1) is 5.92 Å². The van der Waals surface area contributed by atoms with Crippen molar-refractivity contribution in [3.8, 4) is 5.75 Å². The zero-order valence-electron chi connectivity index (χ0n) is 15.1. The SMILES string of the molecule is CC(C)/C=[N+]1/C(=O)Oc2c1cc(C(C)(C)C)cc2C(C)(C)C. The van der Waals surface area contributed by atoms with E-state index in [4.69, 9.17) is 4.74 Å². The van der Waals surface area contributed by atoms with Gasteiger partial charge in [-0.15, -0.1) is 0 Å². The van der Waals surface area contributed by atoms with Gasteiger partial charge in [-0.1, -0.05) is 66.0 Å². The molecule has 120 valence electrons. The lowest BCUT2D eigenvalue weighted by Gasteiger charge is -2.25. The molecule has 1 aliphatic rings. The van der Waals surface area contributed by atoms with Crippen LogP contribution >= 0.6 is 0 Å². The average molecular weight is 302 g/mol. The van der Waals surface area contributed by atoms with Crippen LogP contribution in [0.15, 0.2) is 12.1 Å². The molecular formula is C19H28NO2+. The smallest absolute Gasteiger partial charge is 0.365 e. The van der Waals surface area contributed by atoms with E-state index < -0.39 is 0 Å². The molecule has 0 saturated carbocycles. The molecule has 0 radical (unpaired) electrons. The zero-order valence-corrected chi connectivity index (χ0v) is 15.1. The summed E-state index contributed by atoms with van der Waals surface area (Å²) in [5, 5.41) is 0. The van der Waals surface area contributed by atoms with Gasteiger partial charge in [-0.05, 0) is 16.4 Å². The number of rotatable bonds is 1. The Bertz CT molecular complexity index is 641. The highest BCUT2D eigenvalue weighted by Crippen LogP contribution is 2.45. The van der Waals surface area contributed by atoms with Crippen molar-refractivity contribution >= 4 is 18.0 Å². The third kappa shape index (κ3) is 3.08. The van der Waals surface area contributed by atoms with Crippen LogP contribution in [0.2, 0.25) is 0 Å². The molecule has 1 aromatic rings. The normalized spacial score (nSPS) is 17.1. The van der Waals surface area contributed by atoms with E-state index in [0.29, 0.717) is 5.75 Å². The number of hydrogen-bond donors (Lipinski definition) is 0. The van der Waals surface area contributed by atoms with Crippen LogP contribution in [0.3, 0.4) is 0 Å². The van der Waals surface area contributed by atoms with Gasteiger partial charge in [0.15, 0.2) is 6.21 Å². The topological polar surface area (TPSA) is 29.3 Å². The minimum atomic E-state index is -0.305. The van der Waals surface area contributed by atoms with Crippen molar-refractivity contribution in [3.05, 3.63) is 23.3 Å². The quantitative estimate of drug-likeness (QED) is 0.670. The van der Waals surface area contributed by atoms with Crippen LogP contribution in [0.25, 0.3) is 0 Å². The number of benzene rings is 1. The summed E-state index contributed by atoms with van der Waals surface area (Å²) in [6.45, 7) is 17.1. The summed E-state index contributed by atoms with van der Waals surface area (Å²) in [6, 6.07) is 4.28. The van der Waals surface area contributed by atoms with Crippen molar-refractivity contribution in [3.63, 3.8) is 0 Å². The Hall–Kier alpha value is -1.64. The largest absolute Gasteiger partial charge is 0.608 e. The number of ether oxygens (including phenoxy) is 1. The fraction of sp³-hybridized carbons (Fsp3) is 0.579. The van der Waals surface area contributed by atoms with Gasteiger partial charge in [0, 0.05) is 17.5 Å². The van der Waals surface area contributed by atoms with Crippen molar-refractivity contribution in [1.29, 1.82) is 0 Å². The Balaban J connectivity index is 2.77. The van der Waals surface area contributed by atoms with E-state index in [2.05, 4.69) is 67.5 Å². The number of amides is 1. The predicted octanol–water partition coefficient (Wildman–Crippen LogP) is 5.16. The van der Waals surface area contributed by atoms with Gasteiger partial charge in [-0.3, -0.25) is 0 Å². The van der Waals surface area contributed by atoms with Gasteiger partial charge < -0.3 is 4.74 Å². The second-order valence-electron chi connectivity index (χ2n) is 8.50. The van der Waals surface area contributed by atoms with Gasteiger partial charge in [-0.25, -0.2) is 0 Å². The van der Waals surface area contributed by atoms with Gasteiger partial charge in [0.1, 0.15) is 0 Å². The Morgan fingerprint density at radius 2 is 1.64 bits per heavy atom. The van der Waals surface area contributed by atoms with Crippen LogP contribution in [0.4, 0.5) is 10.5 Å². The minimum Gasteiger partial charge on any atom is -0.365 e. The van der Waals surface area contributed by atoms with Gasteiger partial charge >= 0.3 is 6.09 Å². The molecule has 0 fully saturated rings. The molecular weight excluding hydrogens is 274 g/mol. The van der Waals surface area contributed by atoms with Crippen LogP contribution in [-0.2, 0) is 10.8 Å². The van der Waals surface area contributed by atoms with Gasteiger partial charge in [-0.2, -0.15) is 4.79 Å². The fourth-order valence-electron chi connectivity index (χ4n) is 2.56. The van der Waals surface area contributed by atoms with E-state index >= 15 is 0 Å². The first-order chi connectivity index (χ1) is 9.91. The molecule has 2 rings (SSSR count). The lowest BCUT2D eigenvalue weighted by atomic mass is 9.80. The first-order valence-electron chi connectivity index (χ1n) is 7.96. The summed E-state index contributed by atoms with van der Waals surface area (Å²) in [5.74, 6) is 0.984. The molecule has 0 N–H and O–H groups in total. The van der Waals surface area contributed by atoms with E-state index in [0.717, 1.165) is 11.3 Å². The Labute approximate surface area is 134 Å². The monoisotopic (exact) mass is 302 g/mol. The first-order valence-corrected chi connectivity index (χ1v) is 7.96. The molecule has 0 aromatic heterocycles. The van der Waals surface area contributed by atoms with Crippen LogP contribution in [0.1, 0.15) is 66.5 Å². The summed E-state index contributed by atoms with van der Waals surface area (Å²) in [7, 11) is 0. The molecule has 0 spiro atoms. The zero-order chi connectivity index (χ0) is 16.9. The highest BCUT2D eigenvalue weighted by molar-refractivity contribution is 5.81. The van der Waals surface area contributed by atoms with E-state index in [-0.39, 0.29) is 22.8 Å². The highest BCUT2D eigenvalue weighted by atomic mass is 16.6.